The van der Waals surface area contributed by atoms with Gasteiger partial charge in [-0.05, 0) is 37.1 Å². The van der Waals surface area contributed by atoms with E-state index < -0.39 is 9.84 Å². The minimum Gasteiger partial charge on any atom is -0.224 e. The molecular formula is C10H12Cl2O2S. The van der Waals surface area contributed by atoms with Crippen LogP contribution in [0.1, 0.15) is 12.0 Å². The standard InChI is InChI=1S/C10H12Cl2O2S/c1-8-7-9(3-4-10(8)12)15(13,14)6-2-5-11/h3-4,7H,2,5-6H2,1H3. The molecule has 0 aliphatic rings. The summed E-state index contributed by atoms with van der Waals surface area (Å²) in [5, 5.41) is 0.575. The van der Waals surface area contributed by atoms with Gasteiger partial charge in [-0.15, -0.1) is 11.6 Å². The first-order valence-electron chi connectivity index (χ1n) is 4.52. The summed E-state index contributed by atoms with van der Waals surface area (Å²) in [6, 6.07) is 4.72. The molecule has 0 unspecified atom stereocenters. The van der Waals surface area contributed by atoms with Gasteiger partial charge in [0.2, 0.25) is 0 Å². The van der Waals surface area contributed by atoms with Crippen molar-refractivity contribution < 1.29 is 8.42 Å². The van der Waals surface area contributed by atoms with E-state index in [1.54, 1.807) is 19.1 Å². The van der Waals surface area contributed by atoms with E-state index in [0.717, 1.165) is 5.56 Å². The molecule has 0 radical (unpaired) electrons. The predicted octanol–water partition coefficient (Wildman–Crippen LogP) is 3.05. The number of aryl methyl sites for hydroxylation is 1. The van der Waals surface area contributed by atoms with Gasteiger partial charge < -0.3 is 0 Å². The van der Waals surface area contributed by atoms with Crippen LogP contribution in [0.5, 0.6) is 0 Å². The van der Waals surface area contributed by atoms with Crippen molar-refractivity contribution in [1.29, 1.82) is 0 Å². The lowest BCUT2D eigenvalue weighted by molar-refractivity contribution is 0.594. The molecule has 0 atom stereocenters. The Kier molecular flexibility index (Phi) is 4.44. The van der Waals surface area contributed by atoms with Gasteiger partial charge in [0.15, 0.2) is 9.84 Å². The first-order valence-corrected chi connectivity index (χ1v) is 7.09. The molecule has 5 heteroatoms. The first-order chi connectivity index (χ1) is 6.97. The van der Waals surface area contributed by atoms with Crippen LogP contribution in [0.4, 0.5) is 0 Å². The van der Waals surface area contributed by atoms with Crippen molar-refractivity contribution in [3.63, 3.8) is 0 Å². The Labute approximate surface area is 100 Å². The number of sulfone groups is 1. The average molecular weight is 267 g/mol. The van der Waals surface area contributed by atoms with Crippen molar-refractivity contribution in [3.05, 3.63) is 28.8 Å². The highest BCUT2D eigenvalue weighted by atomic mass is 35.5. The number of halogens is 2. The van der Waals surface area contributed by atoms with Gasteiger partial charge >= 0.3 is 0 Å². The fourth-order valence-electron chi connectivity index (χ4n) is 1.17. The molecule has 0 bridgehead atoms. The van der Waals surface area contributed by atoms with Gasteiger partial charge in [-0.1, -0.05) is 11.6 Å². The lowest BCUT2D eigenvalue weighted by Crippen LogP contribution is -2.07. The summed E-state index contributed by atoms with van der Waals surface area (Å²) in [6.07, 6.45) is 0.464. The molecule has 1 rings (SSSR count). The molecule has 0 amide bonds. The maximum absolute atomic E-state index is 11.8. The molecule has 0 heterocycles. The predicted molar refractivity (Wildman–Crippen MR) is 63.6 cm³/mol. The van der Waals surface area contributed by atoms with Crippen LogP contribution < -0.4 is 0 Å². The normalized spacial score (nSPS) is 11.7. The quantitative estimate of drug-likeness (QED) is 0.786. The maximum atomic E-state index is 11.8. The van der Waals surface area contributed by atoms with Crippen LogP contribution in [0.15, 0.2) is 23.1 Å². The second kappa shape index (κ2) is 5.19. The fraction of sp³-hybridized carbons (Fsp3) is 0.400. The Morgan fingerprint density at radius 3 is 2.53 bits per heavy atom. The van der Waals surface area contributed by atoms with Gasteiger partial charge in [0.1, 0.15) is 0 Å². The molecule has 2 nitrogen and oxygen atoms in total. The summed E-state index contributed by atoms with van der Waals surface area (Å²) < 4.78 is 23.5. The Balaban J connectivity index is 3.00. The van der Waals surface area contributed by atoms with Crippen LogP contribution in [0.25, 0.3) is 0 Å². The van der Waals surface area contributed by atoms with E-state index in [1.165, 1.54) is 6.07 Å². The molecular weight excluding hydrogens is 255 g/mol. The Morgan fingerprint density at radius 1 is 1.33 bits per heavy atom. The van der Waals surface area contributed by atoms with Crippen LogP contribution in [0, 0.1) is 6.92 Å². The second-order valence-electron chi connectivity index (χ2n) is 3.27. The van der Waals surface area contributed by atoms with E-state index >= 15 is 0 Å². The number of hydrogen-bond donors (Lipinski definition) is 0. The molecule has 0 N–H and O–H groups in total. The Hall–Kier alpha value is -0.250. The molecule has 0 saturated heterocycles. The zero-order valence-corrected chi connectivity index (χ0v) is 10.7. The monoisotopic (exact) mass is 266 g/mol. The van der Waals surface area contributed by atoms with Gasteiger partial charge in [0.05, 0.1) is 10.6 Å². The number of rotatable bonds is 4. The van der Waals surface area contributed by atoms with E-state index in [1.807, 2.05) is 0 Å². The maximum Gasteiger partial charge on any atom is 0.178 e. The lowest BCUT2D eigenvalue weighted by atomic mass is 10.2. The van der Waals surface area contributed by atoms with Gasteiger partial charge in [-0.3, -0.25) is 0 Å². The molecule has 0 saturated carbocycles. The highest BCUT2D eigenvalue weighted by Crippen LogP contribution is 2.20. The van der Waals surface area contributed by atoms with Gasteiger partial charge in [0.25, 0.3) is 0 Å². The topological polar surface area (TPSA) is 34.1 Å². The third kappa shape index (κ3) is 3.37. The number of benzene rings is 1. The van der Waals surface area contributed by atoms with Crippen molar-refractivity contribution in [2.24, 2.45) is 0 Å². The fourth-order valence-corrected chi connectivity index (χ4v) is 2.97. The zero-order chi connectivity index (χ0) is 11.5. The smallest absolute Gasteiger partial charge is 0.178 e. The third-order valence-electron chi connectivity index (χ3n) is 2.04. The molecule has 84 valence electrons. The van der Waals surface area contributed by atoms with E-state index in [-0.39, 0.29) is 5.75 Å². The third-order valence-corrected chi connectivity index (χ3v) is 4.52. The molecule has 15 heavy (non-hydrogen) atoms. The largest absolute Gasteiger partial charge is 0.224 e. The van der Waals surface area contributed by atoms with Crippen molar-refractivity contribution in [1.82, 2.24) is 0 Å². The molecule has 1 aromatic rings. The molecule has 1 aromatic carbocycles. The Bertz CT molecular complexity index is 441. The lowest BCUT2D eigenvalue weighted by Gasteiger charge is -2.05. The van der Waals surface area contributed by atoms with E-state index in [4.69, 9.17) is 23.2 Å². The van der Waals surface area contributed by atoms with Crippen LogP contribution in [0.3, 0.4) is 0 Å². The van der Waals surface area contributed by atoms with Gasteiger partial charge in [-0.2, -0.15) is 0 Å². The molecule has 0 aliphatic heterocycles. The summed E-state index contributed by atoms with van der Waals surface area (Å²) in [5.74, 6) is 0.434. The van der Waals surface area contributed by atoms with Crippen LogP contribution in [-0.4, -0.2) is 20.1 Å². The van der Waals surface area contributed by atoms with Crippen LogP contribution >= 0.6 is 23.2 Å². The van der Waals surface area contributed by atoms with Gasteiger partial charge in [-0.25, -0.2) is 8.42 Å². The molecule has 0 spiro atoms. The summed E-state index contributed by atoms with van der Waals surface area (Å²) in [4.78, 5) is 0.314. The van der Waals surface area contributed by atoms with E-state index in [0.29, 0.717) is 22.2 Å². The summed E-state index contributed by atoms with van der Waals surface area (Å²) >= 11 is 11.3. The van der Waals surface area contributed by atoms with Crippen molar-refractivity contribution in [3.8, 4) is 0 Å². The summed E-state index contributed by atoms with van der Waals surface area (Å²) in [7, 11) is -3.20. The zero-order valence-electron chi connectivity index (χ0n) is 8.33. The number of alkyl halides is 1. The molecule has 0 fully saturated rings. The van der Waals surface area contributed by atoms with Crippen LogP contribution in [0.2, 0.25) is 5.02 Å². The first kappa shape index (κ1) is 12.8. The minimum atomic E-state index is -3.20. The number of hydrogen-bond acceptors (Lipinski definition) is 2. The second-order valence-corrected chi connectivity index (χ2v) is 6.17. The summed E-state index contributed by atoms with van der Waals surface area (Å²) in [5.41, 5.74) is 0.767. The van der Waals surface area contributed by atoms with Crippen molar-refractivity contribution in [2.75, 3.05) is 11.6 Å². The average Bonchev–Trinajstić information content (AvgIpc) is 2.19. The highest BCUT2D eigenvalue weighted by Gasteiger charge is 2.14. The summed E-state index contributed by atoms with van der Waals surface area (Å²) in [6.45, 7) is 1.78. The molecule has 0 aromatic heterocycles. The van der Waals surface area contributed by atoms with Gasteiger partial charge in [0, 0.05) is 10.9 Å². The minimum absolute atomic E-state index is 0.0809. The molecule has 0 aliphatic carbocycles. The Morgan fingerprint density at radius 2 is 2.00 bits per heavy atom. The van der Waals surface area contributed by atoms with Crippen molar-refractivity contribution in [2.45, 2.75) is 18.2 Å². The van der Waals surface area contributed by atoms with E-state index in [9.17, 15) is 8.42 Å². The van der Waals surface area contributed by atoms with Crippen molar-refractivity contribution >= 4 is 33.0 Å². The SMILES string of the molecule is Cc1cc(S(=O)(=O)CCCCl)ccc1Cl. The van der Waals surface area contributed by atoms with E-state index in [2.05, 4.69) is 0 Å². The highest BCUT2D eigenvalue weighted by molar-refractivity contribution is 7.91. The van der Waals surface area contributed by atoms with Crippen LogP contribution in [-0.2, 0) is 9.84 Å².